The number of piperazine rings is 4. The molecule has 35 nitrogen and oxygen atoms in total. The third-order valence-electron chi connectivity index (χ3n) is 23.0. The van der Waals surface area contributed by atoms with Crippen LogP contribution in [-0.4, -0.2) is 315 Å². The molecule has 5 aromatic carbocycles. The molecule has 0 saturated carbocycles. The lowest BCUT2D eigenvalue weighted by atomic mass is 10.1. The first-order valence-electron chi connectivity index (χ1n) is 41.8. The Morgan fingerprint density at radius 1 is 0.364 bits per heavy atom. The third kappa shape index (κ3) is 18.4. The third-order valence-corrected chi connectivity index (χ3v) is 23.5. The largest absolute Gasteiger partial charge is 0.378 e. The number of amidine groups is 2. The van der Waals surface area contributed by atoms with Crippen LogP contribution in [-0.2, 0) is 19.2 Å². The van der Waals surface area contributed by atoms with Gasteiger partial charge in [-0.15, -0.1) is 15.3 Å². The van der Waals surface area contributed by atoms with Crippen LogP contribution in [0.5, 0.6) is 0 Å². The second kappa shape index (κ2) is 39.4. The van der Waals surface area contributed by atoms with Crippen LogP contribution in [0, 0.1) is 23.3 Å². The maximum absolute atomic E-state index is 14.7. The van der Waals surface area contributed by atoms with Crippen molar-refractivity contribution in [2.45, 2.75) is 0 Å². The van der Waals surface area contributed by atoms with Crippen LogP contribution in [0.15, 0.2) is 231 Å². The monoisotopic (exact) mass is 1800 g/mol. The summed E-state index contributed by atoms with van der Waals surface area (Å²) in [5.41, 5.74) is 7.15. The average molecular weight is 1800 g/mol. The van der Waals surface area contributed by atoms with Gasteiger partial charge in [0.05, 0.1) is 111 Å². The second-order valence-corrected chi connectivity index (χ2v) is 31.3. The summed E-state index contributed by atoms with van der Waals surface area (Å²) in [6, 6.07) is 41.9. The molecule has 15 aromatic rings. The SMILES string of the molecule is C=C(c1ccccc1)N1CCN(C(=O)C(=O)c2c[nH]c3c(-n4ccnn4)ncc(F)c23)CC1.CN(C)c1ccc(C(=S)N2CCN(C(=O)C(=O)c3c[nH]c4cccc(F)c34)CC2)cc1.CN=C(c1ccccc1)N1CCN(C(=O)C(=O)c2c[nH]c3c(-n4ccnn4)ncc(F)c23)CC1.CN=C(c1ccccc1)N1CCN(C(=O)C(=O)c2c[nH]c3c(-n4ccnn4)ncc(F)c23)CC1. The summed E-state index contributed by atoms with van der Waals surface area (Å²) in [6.07, 6.45) is 17.5. The summed E-state index contributed by atoms with van der Waals surface area (Å²) in [5.74, 6) is -5.77. The number of amides is 4. The van der Waals surface area contributed by atoms with Gasteiger partial charge in [0, 0.05) is 197 Å². The minimum atomic E-state index is -0.776. The maximum Gasteiger partial charge on any atom is 0.295 e. The molecule has 40 heteroatoms. The molecule has 4 N–H and O–H groups in total. The zero-order chi connectivity index (χ0) is 92.4. The molecule has 4 saturated heterocycles. The first-order chi connectivity index (χ1) is 64.1. The highest BCUT2D eigenvalue weighted by Crippen LogP contribution is 2.32. The van der Waals surface area contributed by atoms with Gasteiger partial charge in [-0.25, -0.2) is 46.6 Å². The van der Waals surface area contributed by atoms with Crippen molar-refractivity contribution in [3.8, 4) is 17.5 Å². The number of hydrogen-bond acceptors (Lipinski definition) is 22. The fourth-order valence-electron chi connectivity index (χ4n) is 16.2. The van der Waals surface area contributed by atoms with Crippen LogP contribution in [0.3, 0.4) is 0 Å². The number of thiocarbonyl (C=S) groups is 1. The van der Waals surface area contributed by atoms with E-state index in [9.17, 15) is 55.9 Å². The number of carbonyl (C=O) groups excluding carboxylic acids is 8. The Hall–Kier alpha value is -16.4. The summed E-state index contributed by atoms with van der Waals surface area (Å²) < 4.78 is 62.3. The Balaban J connectivity index is 0.000000128. The molecule has 0 unspecified atom stereocenters. The molecule has 4 fully saturated rings. The number of nitrogens with one attached hydrogen (secondary N) is 4. The number of anilines is 1. The van der Waals surface area contributed by atoms with E-state index in [1.165, 1.54) is 83.1 Å². The number of fused-ring (bicyclic) bond motifs is 4. The number of Topliss-reactive ketones (excluding diaryl/α,β-unsaturated/α-hetero) is 4. The van der Waals surface area contributed by atoms with Crippen LogP contribution in [0.25, 0.3) is 66.8 Å². The molecule has 14 heterocycles. The number of halogens is 4. The lowest BCUT2D eigenvalue weighted by Gasteiger charge is -2.36. The summed E-state index contributed by atoms with van der Waals surface area (Å²) >= 11 is 5.63. The highest BCUT2D eigenvalue weighted by atomic mass is 32.1. The van der Waals surface area contributed by atoms with E-state index in [-0.39, 0.29) is 77.8 Å². The molecule has 0 spiro atoms. The number of pyridine rings is 3. The zero-order valence-corrected chi connectivity index (χ0v) is 72.5. The lowest BCUT2D eigenvalue weighted by Crippen LogP contribution is -2.52. The highest BCUT2D eigenvalue weighted by molar-refractivity contribution is 7.80. The van der Waals surface area contributed by atoms with Gasteiger partial charge in [-0.2, -0.15) is 0 Å². The number of aliphatic imine (C=N–C) groups is 2. The van der Waals surface area contributed by atoms with Gasteiger partial charge >= 0.3 is 0 Å². The predicted molar refractivity (Wildman–Crippen MR) is 487 cm³/mol. The number of carbonyl (C=O) groups is 8. The molecule has 0 aliphatic carbocycles. The maximum atomic E-state index is 14.7. The number of aromatic amines is 4. The molecular formula is C92H85F4N27O8S. The van der Waals surface area contributed by atoms with Crippen LogP contribution >= 0.6 is 12.2 Å². The fraction of sp³-hybridized carbons (Fsp3) is 0.217. The molecule has 0 atom stereocenters. The predicted octanol–water partition coefficient (Wildman–Crippen LogP) is 8.73. The van der Waals surface area contributed by atoms with Gasteiger partial charge in [0.2, 0.25) is 0 Å². The number of H-pyrrole nitrogens is 4. The van der Waals surface area contributed by atoms with Crippen molar-refractivity contribution in [3.63, 3.8) is 0 Å². The number of rotatable bonds is 17. The topological polar surface area (TPSA) is 384 Å². The van der Waals surface area contributed by atoms with Gasteiger partial charge in [0.15, 0.2) is 34.9 Å². The van der Waals surface area contributed by atoms with E-state index >= 15 is 0 Å². The average Bonchev–Trinajstić information content (AvgIpc) is 1.62. The molecule has 4 aliphatic rings. The van der Waals surface area contributed by atoms with Gasteiger partial charge in [0.25, 0.3) is 46.8 Å². The Labute approximate surface area is 755 Å². The molecule has 10 aromatic heterocycles. The van der Waals surface area contributed by atoms with E-state index < -0.39 is 70.0 Å². The summed E-state index contributed by atoms with van der Waals surface area (Å²) in [5, 5.41) is 22.9. The van der Waals surface area contributed by atoms with Crippen molar-refractivity contribution in [3.05, 3.63) is 288 Å². The van der Waals surface area contributed by atoms with Crippen molar-refractivity contribution in [2.75, 3.05) is 138 Å². The Morgan fingerprint density at radius 2 is 0.682 bits per heavy atom. The number of nitrogens with zero attached hydrogens (tertiary/aromatic N) is 23. The molecule has 670 valence electrons. The number of aromatic nitrogens is 16. The lowest BCUT2D eigenvalue weighted by molar-refractivity contribution is -0.128. The van der Waals surface area contributed by atoms with Crippen LogP contribution in [0.4, 0.5) is 23.2 Å². The smallest absolute Gasteiger partial charge is 0.295 e. The second-order valence-electron chi connectivity index (χ2n) is 30.9. The standard InChI is InChI=1S/2C23H21FN8O2.C23H20FN7O2.C23H23FN4O2S/c2*1-25-21(15-5-3-2-4-6-15)30-9-11-31(12-10-30)23(34)20(33)16-13-26-19-18(16)17(24)14-27-22(19)32-8-7-28-29-32;1-15(16-5-3-2-4-6-16)29-9-11-30(12-10-29)23(33)21(32)17-13-25-20-19(17)18(24)14-26-22(20)31-8-7-27-28-31;1-26(2)16-8-6-15(7-9-16)23(31)28-12-10-27(11-13-28)22(30)21(29)17-14-25-19-5-3-4-18(24)20(17)19/h2*2-8,13-14,26H,9-12H2,1H3;2-8,13-14,25H,1,9-12H2;3-9,14,25H,10-13H2,1-2H3. The molecule has 4 aliphatic heterocycles. The fourth-order valence-corrected chi connectivity index (χ4v) is 16.5. The van der Waals surface area contributed by atoms with Crippen LogP contribution in [0.2, 0.25) is 0 Å². The molecule has 0 bridgehead atoms. The van der Waals surface area contributed by atoms with E-state index in [0.717, 1.165) is 68.9 Å². The minimum absolute atomic E-state index is 0.00182. The molecular weight excluding hydrogens is 1720 g/mol. The van der Waals surface area contributed by atoms with Crippen LogP contribution < -0.4 is 4.90 Å². The molecule has 132 heavy (non-hydrogen) atoms. The van der Waals surface area contributed by atoms with Crippen molar-refractivity contribution in [2.24, 2.45) is 9.98 Å². The zero-order valence-electron chi connectivity index (χ0n) is 71.7. The van der Waals surface area contributed by atoms with Gasteiger partial charge < -0.3 is 64.0 Å². The van der Waals surface area contributed by atoms with E-state index in [1.54, 1.807) is 44.8 Å². The Morgan fingerprint density at radius 3 is 1.02 bits per heavy atom. The minimum Gasteiger partial charge on any atom is -0.378 e. The van der Waals surface area contributed by atoms with E-state index in [4.69, 9.17) is 12.2 Å². The number of hydrogen-bond donors (Lipinski definition) is 4. The summed E-state index contributed by atoms with van der Waals surface area (Å²) in [4.78, 5) is 153. The summed E-state index contributed by atoms with van der Waals surface area (Å²) in [7, 11) is 7.43. The molecule has 4 amide bonds. The van der Waals surface area contributed by atoms with E-state index in [0.29, 0.717) is 110 Å². The van der Waals surface area contributed by atoms with Crippen molar-refractivity contribution in [1.29, 1.82) is 0 Å². The van der Waals surface area contributed by atoms with Gasteiger partial charge in [-0.3, -0.25) is 48.3 Å². The van der Waals surface area contributed by atoms with Crippen molar-refractivity contribution in [1.82, 2.24) is 119 Å². The van der Waals surface area contributed by atoms with Crippen molar-refractivity contribution < 1.29 is 55.9 Å². The van der Waals surface area contributed by atoms with Gasteiger partial charge in [-0.05, 0) is 42.0 Å². The highest BCUT2D eigenvalue weighted by Gasteiger charge is 2.37. The van der Waals surface area contributed by atoms with Gasteiger partial charge in [-0.1, -0.05) is 131 Å². The quantitative estimate of drug-likeness (QED) is 0.0165. The normalized spacial score (nSPS) is 14.3. The van der Waals surface area contributed by atoms with Crippen molar-refractivity contribution >= 4 is 131 Å². The number of benzene rings is 5. The Kier molecular flexibility index (Phi) is 26.6. The first kappa shape index (κ1) is 89.0. The number of ketones is 4. The van der Waals surface area contributed by atoms with E-state index in [1.807, 2.05) is 139 Å². The van der Waals surface area contributed by atoms with E-state index in [2.05, 4.69) is 97.1 Å². The first-order valence-corrected chi connectivity index (χ1v) is 42.3. The van der Waals surface area contributed by atoms with Crippen LogP contribution in [0.1, 0.15) is 63.7 Å². The molecule has 19 rings (SSSR count). The van der Waals surface area contributed by atoms with Gasteiger partial charge in [0.1, 0.15) is 22.5 Å². The molecule has 0 radical (unpaired) electrons. The Bertz CT molecular complexity index is 6660. The summed E-state index contributed by atoms with van der Waals surface area (Å²) in [6.45, 7) is 11.4.